The maximum Gasteiger partial charge on any atom is 0.143 e. The lowest BCUT2D eigenvalue weighted by Crippen LogP contribution is -2.18. The van der Waals surface area contributed by atoms with Crippen LogP contribution in [0.1, 0.15) is 49.9 Å². The molecule has 0 saturated heterocycles. The van der Waals surface area contributed by atoms with Gasteiger partial charge in [0.1, 0.15) is 11.2 Å². The van der Waals surface area contributed by atoms with E-state index < -0.39 is 0 Å². The fraction of sp³-hybridized carbons (Fsp3) is 0.0968. The fourth-order valence-corrected chi connectivity index (χ4v) is 11.4. The molecule has 2 heteroatoms. The minimum Gasteiger partial charge on any atom is -0.455 e. The number of rotatable bonds is 5. The molecule has 1 aromatic heterocycles. The molecule has 0 fully saturated rings. The van der Waals surface area contributed by atoms with Crippen molar-refractivity contribution in [1.29, 1.82) is 0 Å². The van der Waals surface area contributed by atoms with Crippen LogP contribution in [0.15, 0.2) is 205 Å². The average Bonchev–Trinajstić information content (AvgIpc) is 3.91. The Kier molecular flexibility index (Phi) is 7.74. The zero-order chi connectivity index (χ0) is 42.9. The molecular formula is C62H45NO. The van der Waals surface area contributed by atoms with Gasteiger partial charge in [-0.2, -0.15) is 0 Å². The highest BCUT2D eigenvalue weighted by Gasteiger charge is 2.38. The third-order valence-corrected chi connectivity index (χ3v) is 14.7. The zero-order valence-corrected chi connectivity index (χ0v) is 36.4. The number of benzene rings is 10. The van der Waals surface area contributed by atoms with E-state index in [0.717, 1.165) is 50.1 Å². The Hall–Kier alpha value is -7.68. The number of fused-ring (bicyclic) bond motifs is 14. The molecular weight excluding hydrogens is 775 g/mol. The van der Waals surface area contributed by atoms with Crippen LogP contribution in [0.2, 0.25) is 0 Å². The zero-order valence-electron chi connectivity index (χ0n) is 36.4. The Labute approximate surface area is 373 Å². The summed E-state index contributed by atoms with van der Waals surface area (Å²) >= 11 is 0. The molecule has 13 rings (SSSR count). The fourth-order valence-electron chi connectivity index (χ4n) is 11.4. The normalized spacial score (nSPS) is 14.2. The number of hydrogen-bond donors (Lipinski definition) is 0. The van der Waals surface area contributed by atoms with Crippen molar-refractivity contribution in [2.24, 2.45) is 0 Å². The van der Waals surface area contributed by atoms with Gasteiger partial charge in [0.15, 0.2) is 0 Å². The molecule has 64 heavy (non-hydrogen) atoms. The van der Waals surface area contributed by atoms with Gasteiger partial charge in [-0.25, -0.2) is 0 Å². The number of anilines is 3. The second-order valence-electron chi connectivity index (χ2n) is 18.8. The van der Waals surface area contributed by atoms with Crippen molar-refractivity contribution in [3.8, 4) is 44.5 Å². The second kappa shape index (κ2) is 13.4. The van der Waals surface area contributed by atoms with Crippen LogP contribution in [0.5, 0.6) is 0 Å². The van der Waals surface area contributed by atoms with Gasteiger partial charge in [0.05, 0.1) is 0 Å². The minimum atomic E-state index is -0.124. The van der Waals surface area contributed by atoms with Gasteiger partial charge in [0, 0.05) is 44.1 Å². The van der Waals surface area contributed by atoms with Crippen molar-refractivity contribution in [2.75, 3.05) is 4.90 Å². The Morgan fingerprint density at radius 3 is 1.39 bits per heavy atom. The maximum atomic E-state index is 6.95. The molecule has 2 aliphatic carbocycles. The van der Waals surface area contributed by atoms with Crippen LogP contribution in [0.3, 0.4) is 0 Å². The van der Waals surface area contributed by atoms with Crippen LogP contribution in [0.25, 0.3) is 88.0 Å². The van der Waals surface area contributed by atoms with E-state index in [2.05, 4.69) is 233 Å². The average molecular weight is 820 g/mol. The lowest BCUT2D eigenvalue weighted by atomic mass is 9.82. The van der Waals surface area contributed by atoms with Crippen LogP contribution in [0.4, 0.5) is 17.1 Å². The van der Waals surface area contributed by atoms with E-state index in [-0.39, 0.29) is 10.8 Å². The van der Waals surface area contributed by atoms with Crippen molar-refractivity contribution in [1.82, 2.24) is 0 Å². The molecule has 0 N–H and O–H groups in total. The van der Waals surface area contributed by atoms with Gasteiger partial charge in [-0.15, -0.1) is 0 Å². The molecule has 0 saturated carbocycles. The summed E-state index contributed by atoms with van der Waals surface area (Å²) in [6, 6.07) is 74.0. The molecule has 0 bridgehead atoms. The van der Waals surface area contributed by atoms with E-state index in [0.29, 0.717) is 0 Å². The van der Waals surface area contributed by atoms with Gasteiger partial charge >= 0.3 is 0 Å². The van der Waals surface area contributed by atoms with Crippen LogP contribution in [0, 0.1) is 0 Å². The lowest BCUT2D eigenvalue weighted by Gasteiger charge is -2.30. The number of hydrogen-bond acceptors (Lipinski definition) is 2. The topological polar surface area (TPSA) is 16.4 Å². The lowest BCUT2D eigenvalue weighted by molar-refractivity contribution is 0.660. The summed E-state index contributed by atoms with van der Waals surface area (Å²) in [7, 11) is 0. The quantitative estimate of drug-likeness (QED) is 0.161. The molecule has 2 nitrogen and oxygen atoms in total. The van der Waals surface area contributed by atoms with Gasteiger partial charge in [0.25, 0.3) is 0 Å². The molecule has 0 aliphatic heterocycles. The highest BCUT2D eigenvalue weighted by molar-refractivity contribution is 6.30. The molecule has 0 amide bonds. The monoisotopic (exact) mass is 819 g/mol. The van der Waals surface area contributed by atoms with E-state index >= 15 is 0 Å². The maximum absolute atomic E-state index is 6.95. The molecule has 304 valence electrons. The molecule has 0 spiro atoms. The summed E-state index contributed by atoms with van der Waals surface area (Å²) in [5, 5.41) is 7.10. The summed E-state index contributed by atoms with van der Waals surface area (Å²) < 4.78 is 6.95. The number of furan rings is 1. The van der Waals surface area contributed by atoms with Gasteiger partial charge < -0.3 is 9.32 Å². The van der Waals surface area contributed by atoms with Crippen molar-refractivity contribution in [3.63, 3.8) is 0 Å². The van der Waals surface area contributed by atoms with Gasteiger partial charge in [0.2, 0.25) is 0 Å². The summed E-state index contributed by atoms with van der Waals surface area (Å²) in [6.07, 6.45) is 0. The number of nitrogens with zero attached hydrogens (tertiary/aromatic N) is 1. The van der Waals surface area contributed by atoms with Crippen molar-refractivity contribution < 1.29 is 4.42 Å². The predicted octanol–water partition coefficient (Wildman–Crippen LogP) is 17.3. The Morgan fingerprint density at radius 1 is 0.328 bits per heavy atom. The standard InChI is InChI=1S/C62H45NO/c1-61(2)54-24-14-12-20-45(54)47-32-30-41(34-56(47)61)63(42-31-33-48-46-21-13-15-25-55(46)62(3,4)57(48)35-42)40-28-26-39(27-29-40)52-37-58-53(36-51(52)38-16-6-5-7-17-38)59-49-22-10-8-18-43(49)44-19-9-11-23-50(44)60(59)64-58/h5-37H,1-4H3. The largest absolute Gasteiger partial charge is 0.455 e. The van der Waals surface area contributed by atoms with E-state index in [1.165, 1.54) is 77.2 Å². The molecule has 0 unspecified atom stereocenters. The van der Waals surface area contributed by atoms with Gasteiger partial charge in [-0.1, -0.05) is 179 Å². The first kappa shape index (κ1) is 36.9. The SMILES string of the molecule is CC1(C)c2ccccc2-c2ccc(N(c3ccc(-c4cc5oc6c7ccccc7c7ccccc7c6c5cc4-c4ccccc4)cc3)c3ccc4c(c3)C(C)(C)c3ccccc3-4)cc21. The Bertz CT molecular complexity index is 3610. The molecule has 10 aromatic carbocycles. The molecule has 2 aliphatic rings. The van der Waals surface area contributed by atoms with Crippen LogP contribution < -0.4 is 4.90 Å². The Balaban J connectivity index is 0.996. The first-order valence-electron chi connectivity index (χ1n) is 22.5. The summed E-state index contributed by atoms with van der Waals surface area (Å²) in [6.45, 7) is 9.46. The van der Waals surface area contributed by atoms with E-state index in [1.807, 2.05) is 0 Å². The van der Waals surface area contributed by atoms with Crippen molar-refractivity contribution in [3.05, 3.63) is 222 Å². The summed E-state index contributed by atoms with van der Waals surface area (Å²) in [4.78, 5) is 2.46. The van der Waals surface area contributed by atoms with Gasteiger partial charge in [-0.05, 0) is 131 Å². The van der Waals surface area contributed by atoms with E-state index in [1.54, 1.807) is 0 Å². The molecule has 11 aromatic rings. The predicted molar refractivity (Wildman–Crippen MR) is 269 cm³/mol. The first-order chi connectivity index (χ1) is 31.3. The first-order valence-corrected chi connectivity index (χ1v) is 22.5. The van der Waals surface area contributed by atoms with Crippen LogP contribution >= 0.6 is 0 Å². The highest BCUT2D eigenvalue weighted by atomic mass is 16.3. The highest BCUT2D eigenvalue weighted by Crippen LogP contribution is 2.53. The smallest absolute Gasteiger partial charge is 0.143 e. The van der Waals surface area contributed by atoms with Crippen LogP contribution in [-0.4, -0.2) is 0 Å². The second-order valence-corrected chi connectivity index (χ2v) is 18.8. The third-order valence-electron chi connectivity index (χ3n) is 14.7. The summed E-state index contributed by atoms with van der Waals surface area (Å²) in [5.41, 5.74) is 20.4. The van der Waals surface area contributed by atoms with Crippen LogP contribution in [-0.2, 0) is 10.8 Å². The molecule has 0 atom stereocenters. The molecule has 0 radical (unpaired) electrons. The van der Waals surface area contributed by atoms with E-state index in [4.69, 9.17) is 4.42 Å². The third kappa shape index (κ3) is 5.20. The van der Waals surface area contributed by atoms with E-state index in [9.17, 15) is 0 Å². The van der Waals surface area contributed by atoms with Crippen molar-refractivity contribution in [2.45, 2.75) is 38.5 Å². The molecule has 1 heterocycles. The minimum absolute atomic E-state index is 0.124. The van der Waals surface area contributed by atoms with Gasteiger partial charge in [-0.3, -0.25) is 0 Å². The van der Waals surface area contributed by atoms with Crippen molar-refractivity contribution >= 4 is 60.5 Å². The summed E-state index contributed by atoms with van der Waals surface area (Å²) in [5.74, 6) is 0. The Morgan fingerprint density at radius 2 is 0.781 bits per heavy atom.